The van der Waals surface area contributed by atoms with Gasteiger partial charge in [-0.1, -0.05) is 23.2 Å². The number of benzene rings is 1. The van der Waals surface area contributed by atoms with Crippen LogP contribution < -0.4 is 9.47 Å². The molecule has 0 aliphatic heterocycles. The fourth-order valence-electron chi connectivity index (χ4n) is 1.62. The summed E-state index contributed by atoms with van der Waals surface area (Å²) in [7, 11) is 1.48. The molecule has 0 fully saturated rings. The largest absolute Gasteiger partial charge is 0.480 e. The van der Waals surface area contributed by atoms with E-state index in [1.165, 1.54) is 7.11 Å². The Balaban J connectivity index is 2.42. The zero-order valence-corrected chi connectivity index (χ0v) is 12.3. The smallest absolute Gasteiger partial charge is 0.236 e. The molecule has 0 amide bonds. The van der Waals surface area contributed by atoms with Crippen molar-refractivity contribution in [3.63, 3.8) is 0 Å². The summed E-state index contributed by atoms with van der Waals surface area (Å²) in [4.78, 5) is 4.13. The van der Waals surface area contributed by atoms with E-state index >= 15 is 0 Å². The molecular weight excluding hydrogens is 299 g/mol. The summed E-state index contributed by atoms with van der Waals surface area (Å²) in [5, 5.41) is 9.58. The van der Waals surface area contributed by atoms with Crippen LogP contribution in [0, 0.1) is 18.3 Å². The van der Waals surface area contributed by atoms with Crippen molar-refractivity contribution in [2.75, 3.05) is 7.11 Å². The average Bonchev–Trinajstić information content (AvgIpc) is 2.41. The first kappa shape index (κ1) is 14.4. The maximum absolute atomic E-state index is 8.91. The van der Waals surface area contributed by atoms with Crippen molar-refractivity contribution in [1.29, 1.82) is 5.26 Å². The Morgan fingerprint density at radius 1 is 1.20 bits per heavy atom. The topological polar surface area (TPSA) is 55.1 Å². The van der Waals surface area contributed by atoms with Gasteiger partial charge in [-0.15, -0.1) is 0 Å². The number of ether oxygens (including phenoxy) is 2. The normalized spacial score (nSPS) is 9.95. The molecule has 2 aromatic rings. The summed E-state index contributed by atoms with van der Waals surface area (Å²) >= 11 is 12.1. The summed E-state index contributed by atoms with van der Waals surface area (Å²) in [6, 6.07) is 8.41. The van der Waals surface area contributed by atoms with Gasteiger partial charge in [-0.05, 0) is 25.1 Å². The Bertz CT molecular complexity index is 696. The summed E-state index contributed by atoms with van der Waals surface area (Å²) in [5.41, 5.74) is 1.10. The first-order valence-corrected chi connectivity index (χ1v) is 6.38. The maximum Gasteiger partial charge on any atom is 0.236 e. The van der Waals surface area contributed by atoms with Gasteiger partial charge < -0.3 is 9.47 Å². The minimum Gasteiger partial charge on any atom is -0.480 e. The molecule has 0 spiro atoms. The van der Waals surface area contributed by atoms with Crippen molar-refractivity contribution >= 4 is 23.2 Å². The van der Waals surface area contributed by atoms with Crippen LogP contribution in [0.25, 0.3) is 0 Å². The van der Waals surface area contributed by atoms with Crippen molar-refractivity contribution in [2.24, 2.45) is 0 Å². The molecule has 0 bridgehead atoms. The zero-order valence-electron chi connectivity index (χ0n) is 10.8. The molecule has 0 radical (unpaired) electrons. The minimum atomic E-state index is 0.261. The van der Waals surface area contributed by atoms with Crippen molar-refractivity contribution in [3.8, 4) is 23.4 Å². The number of hydrogen-bond donors (Lipinski definition) is 0. The van der Waals surface area contributed by atoms with E-state index in [1.807, 2.05) is 6.07 Å². The quantitative estimate of drug-likeness (QED) is 0.845. The molecule has 102 valence electrons. The standard InChI is InChI=1S/C14H10Cl2N2O2/c1-8-3-12(13(16)14(18-8)19-2)20-11-5-9(7-17)4-10(15)6-11/h3-6H,1-2H3. The molecule has 1 aromatic heterocycles. The van der Waals surface area contributed by atoms with Gasteiger partial charge in [-0.2, -0.15) is 5.26 Å². The Hall–Kier alpha value is -1.96. The summed E-state index contributed by atoms with van der Waals surface area (Å²) < 4.78 is 10.7. The van der Waals surface area contributed by atoms with Gasteiger partial charge in [0.25, 0.3) is 0 Å². The van der Waals surface area contributed by atoms with E-state index in [-0.39, 0.29) is 10.9 Å². The third-order valence-corrected chi connectivity index (χ3v) is 3.01. The molecule has 4 nitrogen and oxygen atoms in total. The van der Waals surface area contributed by atoms with Crippen LogP contribution in [0.5, 0.6) is 17.4 Å². The molecule has 0 saturated heterocycles. The van der Waals surface area contributed by atoms with E-state index in [0.717, 1.165) is 0 Å². The lowest BCUT2D eigenvalue weighted by Crippen LogP contribution is -1.95. The Labute approximate surface area is 126 Å². The van der Waals surface area contributed by atoms with Crippen molar-refractivity contribution in [2.45, 2.75) is 6.92 Å². The lowest BCUT2D eigenvalue weighted by atomic mass is 10.2. The molecule has 0 aliphatic carbocycles. The summed E-state index contributed by atoms with van der Waals surface area (Å²) in [6.45, 7) is 1.80. The van der Waals surface area contributed by atoms with Crippen LogP contribution in [0.4, 0.5) is 0 Å². The Kier molecular flexibility index (Phi) is 4.33. The van der Waals surface area contributed by atoms with Gasteiger partial charge in [-0.25, -0.2) is 4.98 Å². The number of nitrogens with zero attached hydrogens (tertiary/aromatic N) is 2. The van der Waals surface area contributed by atoms with Crippen LogP contribution in [-0.2, 0) is 0 Å². The first-order valence-electron chi connectivity index (χ1n) is 5.63. The maximum atomic E-state index is 8.91. The van der Waals surface area contributed by atoms with Crippen LogP contribution >= 0.6 is 23.2 Å². The number of pyridine rings is 1. The predicted octanol–water partition coefficient (Wildman–Crippen LogP) is 4.37. The van der Waals surface area contributed by atoms with Crippen LogP contribution in [0.1, 0.15) is 11.3 Å². The van der Waals surface area contributed by atoms with E-state index in [4.69, 9.17) is 37.9 Å². The van der Waals surface area contributed by atoms with Gasteiger partial charge in [0.1, 0.15) is 10.8 Å². The van der Waals surface area contributed by atoms with Crippen molar-refractivity contribution in [1.82, 2.24) is 4.98 Å². The Morgan fingerprint density at radius 2 is 1.95 bits per heavy atom. The van der Waals surface area contributed by atoms with Gasteiger partial charge in [0.15, 0.2) is 5.75 Å². The number of halogens is 2. The lowest BCUT2D eigenvalue weighted by molar-refractivity contribution is 0.391. The SMILES string of the molecule is COc1nc(C)cc(Oc2cc(Cl)cc(C#N)c2)c1Cl. The number of aryl methyl sites for hydroxylation is 1. The van der Waals surface area contributed by atoms with Gasteiger partial charge >= 0.3 is 0 Å². The second-order valence-electron chi connectivity index (χ2n) is 3.97. The molecule has 1 heterocycles. The molecule has 0 N–H and O–H groups in total. The number of rotatable bonds is 3. The number of methoxy groups -OCH3 is 1. The Morgan fingerprint density at radius 3 is 2.60 bits per heavy atom. The minimum absolute atomic E-state index is 0.261. The van der Waals surface area contributed by atoms with Crippen LogP contribution in [-0.4, -0.2) is 12.1 Å². The number of nitriles is 1. The van der Waals surface area contributed by atoms with Crippen LogP contribution in [0.15, 0.2) is 24.3 Å². The summed E-state index contributed by atoms with van der Waals surface area (Å²) in [6.07, 6.45) is 0. The number of aromatic nitrogens is 1. The molecule has 0 aliphatic rings. The fraction of sp³-hybridized carbons (Fsp3) is 0.143. The van der Waals surface area contributed by atoms with E-state index < -0.39 is 0 Å². The third-order valence-electron chi connectivity index (χ3n) is 2.44. The highest BCUT2D eigenvalue weighted by molar-refractivity contribution is 6.33. The molecule has 0 atom stereocenters. The summed E-state index contributed by atoms with van der Waals surface area (Å²) in [5.74, 6) is 1.09. The molecule has 20 heavy (non-hydrogen) atoms. The predicted molar refractivity (Wildman–Crippen MR) is 76.8 cm³/mol. The van der Waals surface area contributed by atoms with E-state index in [1.54, 1.807) is 31.2 Å². The van der Waals surface area contributed by atoms with Gasteiger partial charge in [-0.3, -0.25) is 0 Å². The molecular formula is C14H10Cl2N2O2. The molecule has 2 rings (SSSR count). The van der Waals surface area contributed by atoms with Gasteiger partial charge in [0.2, 0.25) is 5.88 Å². The van der Waals surface area contributed by atoms with E-state index in [0.29, 0.717) is 27.8 Å². The lowest BCUT2D eigenvalue weighted by Gasteiger charge is -2.11. The highest BCUT2D eigenvalue weighted by atomic mass is 35.5. The van der Waals surface area contributed by atoms with E-state index in [9.17, 15) is 0 Å². The average molecular weight is 309 g/mol. The van der Waals surface area contributed by atoms with Gasteiger partial charge in [0.05, 0.1) is 18.7 Å². The van der Waals surface area contributed by atoms with Crippen LogP contribution in [0.2, 0.25) is 10.0 Å². The molecule has 0 saturated carbocycles. The number of hydrogen-bond acceptors (Lipinski definition) is 4. The highest BCUT2D eigenvalue weighted by Gasteiger charge is 2.12. The molecule has 0 unspecified atom stereocenters. The second kappa shape index (κ2) is 6.00. The van der Waals surface area contributed by atoms with Gasteiger partial charge in [0, 0.05) is 16.8 Å². The van der Waals surface area contributed by atoms with Crippen molar-refractivity contribution in [3.05, 3.63) is 45.6 Å². The molecule has 6 heteroatoms. The third kappa shape index (κ3) is 3.13. The second-order valence-corrected chi connectivity index (χ2v) is 4.79. The fourth-order valence-corrected chi connectivity index (χ4v) is 2.06. The highest BCUT2D eigenvalue weighted by Crippen LogP contribution is 2.36. The molecule has 1 aromatic carbocycles. The van der Waals surface area contributed by atoms with E-state index in [2.05, 4.69) is 4.98 Å². The van der Waals surface area contributed by atoms with Crippen molar-refractivity contribution < 1.29 is 9.47 Å². The van der Waals surface area contributed by atoms with Crippen LogP contribution in [0.3, 0.4) is 0 Å². The monoisotopic (exact) mass is 308 g/mol. The zero-order chi connectivity index (χ0) is 14.7. The first-order chi connectivity index (χ1) is 9.53.